The van der Waals surface area contributed by atoms with Crippen LogP contribution >= 0.6 is 0 Å². The highest BCUT2D eigenvalue weighted by Crippen LogP contribution is 2.29. The summed E-state index contributed by atoms with van der Waals surface area (Å²) >= 11 is 0. The van der Waals surface area contributed by atoms with Crippen LogP contribution in [0.15, 0.2) is 30.3 Å². The van der Waals surface area contributed by atoms with Crippen molar-refractivity contribution >= 4 is 12.0 Å². The predicted octanol–water partition coefficient (Wildman–Crippen LogP) is 3.15. The number of carbonyl (C=O) groups is 2. The van der Waals surface area contributed by atoms with Crippen LogP contribution in [0.4, 0.5) is 4.79 Å². The van der Waals surface area contributed by atoms with Crippen molar-refractivity contribution in [2.45, 2.75) is 45.3 Å². The smallest absolute Gasteiger partial charge is 0.410 e. The lowest BCUT2D eigenvalue weighted by Gasteiger charge is -2.43. The van der Waals surface area contributed by atoms with Crippen molar-refractivity contribution in [1.29, 1.82) is 0 Å². The molecule has 2 fully saturated rings. The summed E-state index contributed by atoms with van der Waals surface area (Å²) in [6, 6.07) is 10.3. The van der Waals surface area contributed by atoms with Crippen molar-refractivity contribution < 1.29 is 14.3 Å². The number of piperazine rings is 1. The van der Waals surface area contributed by atoms with E-state index < -0.39 is 5.60 Å². The molecule has 0 spiro atoms. The summed E-state index contributed by atoms with van der Waals surface area (Å²) in [6.45, 7) is 9.13. The molecule has 0 bridgehead atoms. The van der Waals surface area contributed by atoms with Crippen LogP contribution in [-0.2, 0) is 9.53 Å². The number of hydrogen-bond donors (Lipinski definition) is 0. The van der Waals surface area contributed by atoms with Crippen molar-refractivity contribution in [3.63, 3.8) is 0 Å². The second kappa shape index (κ2) is 8.52. The van der Waals surface area contributed by atoms with Gasteiger partial charge in [-0.3, -0.25) is 4.79 Å². The molecule has 28 heavy (non-hydrogen) atoms. The van der Waals surface area contributed by atoms with Gasteiger partial charge in [0.25, 0.3) is 0 Å². The molecule has 0 unspecified atom stereocenters. The Kier molecular flexibility index (Phi) is 6.28. The average molecular weight is 388 g/mol. The Bertz CT molecular complexity index is 686. The molecule has 2 heterocycles. The third kappa shape index (κ3) is 5.04. The molecule has 2 saturated heterocycles. The van der Waals surface area contributed by atoms with Gasteiger partial charge in [0.05, 0.1) is 12.0 Å². The molecule has 0 radical (unpaired) electrons. The van der Waals surface area contributed by atoms with E-state index >= 15 is 0 Å². The number of carbonyl (C=O) groups excluding carboxylic acids is 2. The van der Waals surface area contributed by atoms with Crippen LogP contribution in [0.3, 0.4) is 0 Å². The second-order valence-electron chi connectivity index (χ2n) is 8.99. The van der Waals surface area contributed by atoms with Crippen molar-refractivity contribution in [3.8, 4) is 0 Å². The van der Waals surface area contributed by atoms with Gasteiger partial charge in [0, 0.05) is 32.7 Å². The molecule has 1 aromatic carbocycles. The number of nitrogens with zero attached hydrogens (tertiary/aromatic N) is 3. The van der Waals surface area contributed by atoms with E-state index in [1.54, 1.807) is 4.90 Å². The predicted molar refractivity (Wildman–Crippen MR) is 109 cm³/mol. The van der Waals surface area contributed by atoms with Gasteiger partial charge in [0.1, 0.15) is 5.60 Å². The molecule has 6 heteroatoms. The second-order valence-corrected chi connectivity index (χ2v) is 8.99. The van der Waals surface area contributed by atoms with Gasteiger partial charge < -0.3 is 19.4 Å². The molecule has 2 aliphatic heterocycles. The zero-order valence-electron chi connectivity index (χ0n) is 17.6. The topological polar surface area (TPSA) is 53.1 Å². The van der Waals surface area contributed by atoms with E-state index in [1.165, 1.54) is 5.56 Å². The maximum absolute atomic E-state index is 13.4. The van der Waals surface area contributed by atoms with E-state index in [4.69, 9.17) is 4.74 Å². The molecule has 154 valence electrons. The average Bonchev–Trinajstić information content (AvgIpc) is 2.67. The van der Waals surface area contributed by atoms with Crippen molar-refractivity contribution in [2.24, 2.45) is 5.92 Å². The van der Waals surface area contributed by atoms with Crippen LogP contribution in [0.25, 0.3) is 0 Å². The highest BCUT2D eigenvalue weighted by molar-refractivity contribution is 5.81. The Morgan fingerprint density at radius 3 is 2.43 bits per heavy atom. The Morgan fingerprint density at radius 2 is 1.75 bits per heavy atom. The molecule has 0 N–H and O–H groups in total. The first kappa shape index (κ1) is 20.6. The molecule has 2 amide bonds. The number of likely N-dealkylation sites (tertiary alicyclic amines) is 1. The molecule has 2 atom stereocenters. The minimum atomic E-state index is -0.524. The first-order chi connectivity index (χ1) is 13.2. The molecule has 0 saturated carbocycles. The molecule has 6 nitrogen and oxygen atoms in total. The van der Waals surface area contributed by atoms with Gasteiger partial charge in [-0.25, -0.2) is 4.79 Å². The summed E-state index contributed by atoms with van der Waals surface area (Å²) in [5.41, 5.74) is 0.645. The standard InChI is InChI=1S/C22H33N3O3/c1-22(2,3)28-21(27)24-12-8-11-18(15-24)20(26)25-14-13-23(4)16-19(25)17-9-6-5-7-10-17/h5-7,9-10,18-19H,8,11-16H2,1-4H3/t18-,19-/m1/s1. The van der Waals surface area contributed by atoms with Crippen LogP contribution in [0, 0.1) is 5.92 Å². The number of piperidine rings is 1. The van der Waals surface area contributed by atoms with Crippen molar-refractivity contribution in [3.05, 3.63) is 35.9 Å². The lowest BCUT2D eigenvalue weighted by atomic mass is 9.94. The largest absolute Gasteiger partial charge is 0.444 e. The minimum Gasteiger partial charge on any atom is -0.444 e. The van der Waals surface area contributed by atoms with Gasteiger partial charge in [-0.15, -0.1) is 0 Å². The number of likely N-dealkylation sites (N-methyl/N-ethyl adjacent to an activating group) is 1. The Balaban J connectivity index is 1.71. The zero-order chi connectivity index (χ0) is 20.3. The van der Waals surface area contributed by atoms with Crippen LogP contribution in [0.2, 0.25) is 0 Å². The fourth-order valence-electron chi connectivity index (χ4n) is 4.05. The van der Waals surface area contributed by atoms with E-state index in [9.17, 15) is 9.59 Å². The number of rotatable bonds is 2. The molecule has 3 rings (SSSR count). The highest BCUT2D eigenvalue weighted by Gasteiger charge is 2.37. The minimum absolute atomic E-state index is 0.0596. The van der Waals surface area contributed by atoms with Gasteiger partial charge in [-0.05, 0) is 46.2 Å². The van der Waals surface area contributed by atoms with Crippen molar-refractivity contribution in [2.75, 3.05) is 39.8 Å². The summed E-state index contributed by atoms with van der Waals surface area (Å²) in [4.78, 5) is 31.9. The summed E-state index contributed by atoms with van der Waals surface area (Å²) in [5.74, 6) is 0.00565. The molecule has 2 aliphatic rings. The quantitative estimate of drug-likeness (QED) is 0.782. The normalized spacial score (nSPS) is 24.1. The third-order valence-electron chi connectivity index (χ3n) is 5.47. The van der Waals surface area contributed by atoms with E-state index in [0.29, 0.717) is 13.1 Å². The summed E-state index contributed by atoms with van der Waals surface area (Å²) in [7, 11) is 2.10. The fourth-order valence-corrected chi connectivity index (χ4v) is 4.05. The van der Waals surface area contributed by atoms with Gasteiger partial charge in [-0.2, -0.15) is 0 Å². The van der Waals surface area contributed by atoms with Crippen molar-refractivity contribution in [1.82, 2.24) is 14.7 Å². The third-order valence-corrected chi connectivity index (χ3v) is 5.47. The van der Waals surface area contributed by atoms with Gasteiger partial charge in [0.2, 0.25) is 5.91 Å². The zero-order valence-corrected chi connectivity index (χ0v) is 17.6. The molecule has 1 aromatic rings. The first-order valence-corrected chi connectivity index (χ1v) is 10.3. The lowest BCUT2D eigenvalue weighted by Crippen LogP contribution is -2.53. The first-order valence-electron chi connectivity index (χ1n) is 10.3. The number of hydrogen-bond acceptors (Lipinski definition) is 4. The Morgan fingerprint density at radius 1 is 1.04 bits per heavy atom. The number of amides is 2. The molecular formula is C22H33N3O3. The maximum atomic E-state index is 13.4. The monoisotopic (exact) mass is 387 g/mol. The molecule has 0 aromatic heterocycles. The van der Waals surface area contributed by atoms with E-state index in [0.717, 1.165) is 32.5 Å². The SMILES string of the molecule is CN1CCN(C(=O)[C@@H]2CCCN(C(=O)OC(C)(C)C)C2)[C@@H](c2ccccc2)C1. The summed E-state index contributed by atoms with van der Waals surface area (Å²) in [6.07, 6.45) is 1.34. The van der Waals surface area contributed by atoms with Gasteiger partial charge >= 0.3 is 6.09 Å². The van der Waals surface area contributed by atoms with Crippen LogP contribution in [-0.4, -0.2) is 72.1 Å². The number of ether oxygens (including phenoxy) is 1. The maximum Gasteiger partial charge on any atom is 0.410 e. The lowest BCUT2D eigenvalue weighted by molar-refractivity contribution is -0.142. The number of benzene rings is 1. The van der Waals surface area contributed by atoms with Crippen LogP contribution in [0.5, 0.6) is 0 Å². The fraction of sp³-hybridized carbons (Fsp3) is 0.636. The molecule has 0 aliphatic carbocycles. The van der Waals surface area contributed by atoms with Gasteiger partial charge in [-0.1, -0.05) is 30.3 Å². The van der Waals surface area contributed by atoms with E-state index in [-0.39, 0.29) is 24.0 Å². The Labute approximate surface area is 168 Å². The van der Waals surface area contributed by atoms with Crippen LogP contribution < -0.4 is 0 Å². The Hall–Kier alpha value is -2.08. The van der Waals surface area contributed by atoms with E-state index in [1.807, 2.05) is 43.9 Å². The van der Waals surface area contributed by atoms with E-state index in [2.05, 4.69) is 24.1 Å². The summed E-state index contributed by atoms with van der Waals surface area (Å²) < 4.78 is 5.51. The van der Waals surface area contributed by atoms with Gasteiger partial charge in [0.15, 0.2) is 0 Å². The highest BCUT2D eigenvalue weighted by atomic mass is 16.6. The molecular weight excluding hydrogens is 354 g/mol. The van der Waals surface area contributed by atoms with Crippen LogP contribution in [0.1, 0.15) is 45.2 Å². The summed E-state index contributed by atoms with van der Waals surface area (Å²) in [5, 5.41) is 0.